The summed E-state index contributed by atoms with van der Waals surface area (Å²) in [5.74, 6) is -0.354. The van der Waals surface area contributed by atoms with Crippen molar-refractivity contribution in [2.75, 3.05) is 25.0 Å². The minimum atomic E-state index is -4.41. The summed E-state index contributed by atoms with van der Waals surface area (Å²) < 4.78 is 41.2. The fraction of sp³-hybridized carbons (Fsp3) is 0.462. The van der Waals surface area contributed by atoms with Crippen LogP contribution in [0.2, 0.25) is 0 Å². The number of nitrogens with one attached hydrogen (secondary N) is 2. The molecule has 0 saturated carbocycles. The smallest absolute Gasteiger partial charge is 0.422 e. The summed E-state index contributed by atoms with van der Waals surface area (Å²) >= 11 is 0. The number of anilines is 1. The number of ether oxygens (including phenoxy) is 1. The van der Waals surface area contributed by atoms with Gasteiger partial charge in [-0.25, -0.2) is 0 Å². The van der Waals surface area contributed by atoms with Crippen LogP contribution >= 0.6 is 0 Å². The highest BCUT2D eigenvalue weighted by Gasteiger charge is 2.29. The molecule has 1 unspecified atom stereocenters. The third kappa shape index (κ3) is 4.12. The highest BCUT2D eigenvalue weighted by molar-refractivity contribution is 5.94. The maximum absolute atomic E-state index is 12.2. The predicted octanol–water partition coefficient (Wildman–Crippen LogP) is 2.18. The highest BCUT2D eigenvalue weighted by atomic mass is 19.4. The van der Waals surface area contributed by atoms with Crippen LogP contribution in [0.15, 0.2) is 24.3 Å². The Bertz CT molecular complexity index is 471. The lowest BCUT2D eigenvalue weighted by Gasteiger charge is -2.15. The van der Waals surface area contributed by atoms with Crippen molar-refractivity contribution < 1.29 is 22.7 Å². The fourth-order valence-electron chi connectivity index (χ4n) is 1.97. The first-order valence-electron chi connectivity index (χ1n) is 6.26. The summed E-state index contributed by atoms with van der Waals surface area (Å²) in [5, 5.41) is 5.68. The first kappa shape index (κ1) is 14.6. The van der Waals surface area contributed by atoms with Crippen molar-refractivity contribution >= 4 is 11.6 Å². The zero-order valence-corrected chi connectivity index (χ0v) is 10.7. The van der Waals surface area contributed by atoms with E-state index in [1.807, 2.05) is 0 Å². The zero-order valence-electron chi connectivity index (χ0n) is 10.7. The van der Waals surface area contributed by atoms with Gasteiger partial charge in [-0.05, 0) is 25.1 Å². The van der Waals surface area contributed by atoms with Crippen LogP contribution in [0.4, 0.5) is 18.9 Å². The molecule has 1 atom stereocenters. The van der Waals surface area contributed by atoms with Crippen LogP contribution in [0.3, 0.4) is 0 Å². The molecule has 1 aromatic carbocycles. The molecule has 0 radical (unpaired) electrons. The van der Waals surface area contributed by atoms with E-state index in [2.05, 4.69) is 10.6 Å². The van der Waals surface area contributed by atoms with E-state index in [4.69, 9.17) is 4.74 Å². The number of hydrogen-bond acceptors (Lipinski definition) is 3. The summed E-state index contributed by atoms with van der Waals surface area (Å²) in [6.45, 7) is -0.0351. The molecule has 1 aliphatic heterocycles. The van der Waals surface area contributed by atoms with E-state index >= 15 is 0 Å². The van der Waals surface area contributed by atoms with Gasteiger partial charge in [-0.1, -0.05) is 12.1 Å². The molecular formula is C13H15F3N2O2. The Kier molecular flexibility index (Phi) is 4.49. The SMILES string of the molecule is O=C(Nc1ccccc1OCC(F)(F)F)C1CCNC1. The Hall–Kier alpha value is -1.76. The second kappa shape index (κ2) is 6.13. The van der Waals surface area contributed by atoms with Gasteiger partial charge in [0.2, 0.25) is 5.91 Å². The number of hydrogen-bond donors (Lipinski definition) is 2. The van der Waals surface area contributed by atoms with Gasteiger partial charge < -0.3 is 15.4 Å². The minimum Gasteiger partial charge on any atom is -0.482 e. The summed E-state index contributed by atoms with van der Waals surface area (Å²) in [5.41, 5.74) is 0.258. The number of para-hydroxylation sites is 2. The molecule has 110 valence electrons. The molecule has 1 amide bonds. The maximum atomic E-state index is 12.2. The van der Waals surface area contributed by atoms with E-state index in [0.29, 0.717) is 6.54 Å². The Morgan fingerprint density at radius 2 is 2.15 bits per heavy atom. The molecule has 0 spiro atoms. The van der Waals surface area contributed by atoms with Crippen LogP contribution in [-0.2, 0) is 4.79 Å². The molecule has 1 aliphatic rings. The van der Waals surface area contributed by atoms with E-state index in [0.717, 1.165) is 13.0 Å². The van der Waals surface area contributed by atoms with Gasteiger partial charge in [0.05, 0.1) is 11.6 Å². The Labute approximate surface area is 114 Å². The predicted molar refractivity (Wildman–Crippen MR) is 67.6 cm³/mol. The molecule has 0 aromatic heterocycles. The molecule has 4 nitrogen and oxygen atoms in total. The lowest BCUT2D eigenvalue weighted by Crippen LogP contribution is -2.25. The minimum absolute atomic E-state index is 0.0177. The molecule has 1 aromatic rings. The largest absolute Gasteiger partial charge is 0.482 e. The second-order valence-corrected chi connectivity index (χ2v) is 4.58. The third-order valence-corrected chi connectivity index (χ3v) is 2.97. The van der Waals surface area contributed by atoms with Crippen LogP contribution in [0.25, 0.3) is 0 Å². The quantitative estimate of drug-likeness (QED) is 0.893. The average molecular weight is 288 g/mol. The van der Waals surface area contributed by atoms with Crippen molar-refractivity contribution in [3.63, 3.8) is 0 Å². The Balaban J connectivity index is 2.01. The molecule has 2 N–H and O–H groups in total. The van der Waals surface area contributed by atoms with E-state index in [9.17, 15) is 18.0 Å². The highest BCUT2D eigenvalue weighted by Crippen LogP contribution is 2.27. The summed E-state index contributed by atoms with van der Waals surface area (Å²) in [6.07, 6.45) is -3.69. The summed E-state index contributed by atoms with van der Waals surface area (Å²) in [6, 6.07) is 6.10. The van der Waals surface area contributed by atoms with Crippen molar-refractivity contribution in [1.82, 2.24) is 5.32 Å². The van der Waals surface area contributed by atoms with Gasteiger partial charge in [-0.2, -0.15) is 13.2 Å². The monoisotopic (exact) mass is 288 g/mol. The van der Waals surface area contributed by atoms with Gasteiger partial charge in [-0.3, -0.25) is 4.79 Å². The van der Waals surface area contributed by atoms with Crippen molar-refractivity contribution in [2.24, 2.45) is 5.92 Å². The van der Waals surface area contributed by atoms with Crippen LogP contribution in [0, 0.1) is 5.92 Å². The van der Waals surface area contributed by atoms with Crippen molar-refractivity contribution in [1.29, 1.82) is 0 Å². The van der Waals surface area contributed by atoms with Crippen LogP contribution in [0.1, 0.15) is 6.42 Å². The number of benzene rings is 1. The van der Waals surface area contributed by atoms with Crippen molar-refractivity contribution in [3.05, 3.63) is 24.3 Å². The summed E-state index contributed by atoms with van der Waals surface area (Å²) in [4.78, 5) is 11.9. The first-order chi connectivity index (χ1) is 9.46. The van der Waals surface area contributed by atoms with Gasteiger partial charge >= 0.3 is 6.18 Å². The second-order valence-electron chi connectivity index (χ2n) is 4.58. The van der Waals surface area contributed by atoms with Gasteiger partial charge in [0, 0.05) is 6.54 Å². The molecule has 2 rings (SSSR count). The van der Waals surface area contributed by atoms with Crippen LogP contribution in [-0.4, -0.2) is 31.8 Å². The number of alkyl halides is 3. The number of rotatable bonds is 4. The molecular weight excluding hydrogens is 273 g/mol. The third-order valence-electron chi connectivity index (χ3n) is 2.97. The van der Waals surface area contributed by atoms with E-state index in [1.54, 1.807) is 12.1 Å². The van der Waals surface area contributed by atoms with E-state index < -0.39 is 12.8 Å². The fourth-order valence-corrected chi connectivity index (χ4v) is 1.97. The van der Waals surface area contributed by atoms with Gasteiger partial charge in [0.25, 0.3) is 0 Å². The lowest BCUT2D eigenvalue weighted by atomic mass is 10.1. The average Bonchev–Trinajstić information content (AvgIpc) is 2.90. The maximum Gasteiger partial charge on any atom is 0.422 e. The van der Waals surface area contributed by atoms with Crippen molar-refractivity contribution in [2.45, 2.75) is 12.6 Å². The van der Waals surface area contributed by atoms with E-state index in [-0.39, 0.29) is 23.3 Å². The lowest BCUT2D eigenvalue weighted by molar-refractivity contribution is -0.153. The number of amides is 1. The normalized spacial score (nSPS) is 18.9. The molecule has 7 heteroatoms. The zero-order chi connectivity index (χ0) is 14.6. The Morgan fingerprint density at radius 3 is 2.80 bits per heavy atom. The standard InChI is InChI=1S/C13H15F3N2O2/c14-13(15,16)8-20-11-4-2-1-3-10(11)18-12(19)9-5-6-17-7-9/h1-4,9,17H,5-8H2,(H,18,19). The number of halogens is 3. The molecule has 1 heterocycles. The van der Waals surface area contributed by atoms with Crippen LogP contribution in [0.5, 0.6) is 5.75 Å². The number of carbonyl (C=O) groups excluding carboxylic acids is 1. The number of carbonyl (C=O) groups is 1. The topological polar surface area (TPSA) is 50.4 Å². The molecule has 1 saturated heterocycles. The van der Waals surface area contributed by atoms with Crippen molar-refractivity contribution in [3.8, 4) is 5.75 Å². The molecule has 1 fully saturated rings. The molecule has 0 bridgehead atoms. The van der Waals surface area contributed by atoms with Gasteiger partial charge in [-0.15, -0.1) is 0 Å². The first-order valence-corrected chi connectivity index (χ1v) is 6.26. The van der Waals surface area contributed by atoms with Gasteiger partial charge in [0.15, 0.2) is 6.61 Å². The van der Waals surface area contributed by atoms with Gasteiger partial charge in [0.1, 0.15) is 5.75 Å². The summed E-state index contributed by atoms with van der Waals surface area (Å²) in [7, 11) is 0. The molecule has 0 aliphatic carbocycles. The van der Waals surface area contributed by atoms with Crippen LogP contribution < -0.4 is 15.4 Å². The van der Waals surface area contributed by atoms with E-state index in [1.165, 1.54) is 12.1 Å². The Morgan fingerprint density at radius 1 is 1.40 bits per heavy atom. The molecule has 20 heavy (non-hydrogen) atoms.